The van der Waals surface area contributed by atoms with Crippen LogP contribution in [-0.4, -0.2) is 34.2 Å². The number of hydrogen-bond acceptors (Lipinski definition) is 6. The second-order valence-corrected chi connectivity index (χ2v) is 7.80. The molecule has 1 aliphatic heterocycles. The number of halogens is 3. The maximum atomic E-state index is 12.9. The number of ether oxygens (including phenoxy) is 1. The van der Waals surface area contributed by atoms with E-state index in [1.807, 2.05) is 12.1 Å². The second-order valence-electron chi connectivity index (χ2n) is 6.60. The highest BCUT2D eigenvalue weighted by molar-refractivity contribution is 6.41. The summed E-state index contributed by atoms with van der Waals surface area (Å²) in [5.41, 5.74) is 1.60. The van der Waals surface area contributed by atoms with Gasteiger partial charge in [-0.25, -0.2) is 14.8 Å². The number of hydrazone groups is 1. The van der Waals surface area contributed by atoms with Crippen molar-refractivity contribution in [1.29, 1.82) is 0 Å². The van der Waals surface area contributed by atoms with Crippen LogP contribution < -0.4 is 0 Å². The normalized spacial score (nSPS) is 15.6. The Balaban J connectivity index is 1.51. The third-order valence-corrected chi connectivity index (χ3v) is 5.51. The van der Waals surface area contributed by atoms with Crippen LogP contribution in [0.15, 0.2) is 64.4 Å². The highest BCUT2D eigenvalue weighted by Crippen LogP contribution is 2.33. The topological polar surface area (TPSA) is 85.0 Å². The molecule has 3 aromatic rings. The van der Waals surface area contributed by atoms with E-state index in [9.17, 15) is 9.59 Å². The van der Waals surface area contributed by atoms with E-state index in [1.54, 1.807) is 24.3 Å². The van der Waals surface area contributed by atoms with E-state index in [0.717, 1.165) is 5.56 Å². The molecular weight excluding hydrogens is 465 g/mol. The molecule has 0 fully saturated rings. The Bertz CT molecular complexity index is 1150. The number of rotatable bonds is 5. The minimum Gasteiger partial charge on any atom is -0.467 e. The predicted molar refractivity (Wildman–Crippen MR) is 115 cm³/mol. The maximum absolute atomic E-state index is 12.9. The van der Waals surface area contributed by atoms with Gasteiger partial charge in [0, 0.05) is 17.6 Å². The van der Waals surface area contributed by atoms with E-state index in [-0.39, 0.29) is 15.7 Å². The molecule has 0 radical (unpaired) electrons. The van der Waals surface area contributed by atoms with Gasteiger partial charge in [-0.3, -0.25) is 4.79 Å². The van der Waals surface area contributed by atoms with Crippen LogP contribution >= 0.6 is 34.8 Å². The first kappa shape index (κ1) is 21.4. The van der Waals surface area contributed by atoms with Gasteiger partial charge in [0.25, 0.3) is 5.91 Å². The average molecular weight is 479 g/mol. The molecule has 0 N–H and O–H groups in total. The summed E-state index contributed by atoms with van der Waals surface area (Å²) in [7, 11) is 0. The van der Waals surface area contributed by atoms with E-state index in [0.29, 0.717) is 22.9 Å². The summed E-state index contributed by atoms with van der Waals surface area (Å²) in [6.45, 7) is -0.520. The van der Waals surface area contributed by atoms with Crippen LogP contribution in [0.4, 0.5) is 0 Å². The van der Waals surface area contributed by atoms with Crippen LogP contribution in [0.3, 0.4) is 0 Å². The van der Waals surface area contributed by atoms with Crippen molar-refractivity contribution in [3.05, 3.63) is 87.0 Å². The fraction of sp³-hybridized carbons (Fsp3) is 0.143. The van der Waals surface area contributed by atoms with E-state index in [2.05, 4.69) is 10.1 Å². The number of pyridine rings is 1. The predicted octanol–water partition coefficient (Wildman–Crippen LogP) is 5.17. The van der Waals surface area contributed by atoms with Crippen molar-refractivity contribution in [2.24, 2.45) is 5.10 Å². The van der Waals surface area contributed by atoms with E-state index in [4.69, 9.17) is 44.0 Å². The highest BCUT2D eigenvalue weighted by Gasteiger charge is 2.35. The minimum absolute atomic E-state index is 0.0664. The average Bonchev–Trinajstić information content (AvgIpc) is 3.44. The number of aromatic nitrogens is 1. The minimum atomic E-state index is -0.755. The van der Waals surface area contributed by atoms with Gasteiger partial charge in [0.15, 0.2) is 6.61 Å². The van der Waals surface area contributed by atoms with Gasteiger partial charge in [-0.2, -0.15) is 5.10 Å². The standard InChI is InChI=1S/C21H14Cl3N3O4/c22-14-5-3-12(4-6-14)16-9-17(18-2-1-7-30-18)27(26-16)19(28)11-31-21(29)13-8-15(23)20(24)25-10-13/h1-8,10,17H,9,11H2. The van der Waals surface area contributed by atoms with Crippen molar-refractivity contribution in [1.82, 2.24) is 9.99 Å². The van der Waals surface area contributed by atoms with Crippen LogP contribution in [0.25, 0.3) is 0 Å². The van der Waals surface area contributed by atoms with E-state index < -0.39 is 24.5 Å². The Labute approximate surface area is 192 Å². The molecule has 2 aromatic heterocycles. The third kappa shape index (κ3) is 4.74. The molecule has 1 atom stereocenters. The number of furan rings is 1. The highest BCUT2D eigenvalue weighted by atomic mass is 35.5. The number of benzene rings is 1. The summed E-state index contributed by atoms with van der Waals surface area (Å²) in [4.78, 5) is 28.9. The molecule has 0 bridgehead atoms. The molecule has 0 spiro atoms. The number of hydrogen-bond donors (Lipinski definition) is 0. The monoisotopic (exact) mass is 477 g/mol. The zero-order valence-corrected chi connectivity index (χ0v) is 18.1. The number of carbonyl (C=O) groups is 2. The van der Waals surface area contributed by atoms with E-state index >= 15 is 0 Å². The second kappa shape index (κ2) is 9.09. The van der Waals surface area contributed by atoms with Gasteiger partial charge in [0.1, 0.15) is 17.0 Å². The van der Waals surface area contributed by atoms with Gasteiger partial charge in [-0.05, 0) is 35.9 Å². The van der Waals surface area contributed by atoms with Crippen molar-refractivity contribution in [2.75, 3.05) is 6.61 Å². The number of nitrogens with zero attached hydrogens (tertiary/aromatic N) is 3. The molecule has 31 heavy (non-hydrogen) atoms. The van der Waals surface area contributed by atoms with Crippen molar-refractivity contribution in [3.63, 3.8) is 0 Å². The Morgan fingerprint density at radius 1 is 1.16 bits per heavy atom. The molecule has 1 aliphatic rings. The lowest BCUT2D eigenvalue weighted by atomic mass is 10.0. The SMILES string of the molecule is O=C(OCC(=O)N1N=C(c2ccc(Cl)cc2)CC1c1ccco1)c1cnc(Cl)c(Cl)c1. The summed E-state index contributed by atoms with van der Waals surface area (Å²) in [6.07, 6.45) is 3.18. The fourth-order valence-electron chi connectivity index (χ4n) is 3.07. The molecule has 7 nitrogen and oxygen atoms in total. The lowest BCUT2D eigenvalue weighted by Crippen LogP contribution is -2.31. The molecular formula is C21H14Cl3N3O4. The molecule has 0 saturated carbocycles. The zero-order valence-electron chi connectivity index (χ0n) is 15.8. The summed E-state index contributed by atoms with van der Waals surface area (Å²) >= 11 is 17.6. The third-order valence-electron chi connectivity index (χ3n) is 4.57. The number of esters is 1. The number of amides is 1. The maximum Gasteiger partial charge on any atom is 0.340 e. The van der Waals surface area contributed by atoms with Gasteiger partial charge in [-0.1, -0.05) is 46.9 Å². The van der Waals surface area contributed by atoms with Crippen molar-refractivity contribution in [2.45, 2.75) is 12.5 Å². The molecule has 1 unspecified atom stereocenters. The van der Waals surface area contributed by atoms with Gasteiger partial charge >= 0.3 is 5.97 Å². The first-order valence-electron chi connectivity index (χ1n) is 9.09. The van der Waals surface area contributed by atoms with E-state index in [1.165, 1.54) is 23.5 Å². The van der Waals surface area contributed by atoms with Gasteiger partial charge < -0.3 is 9.15 Å². The largest absolute Gasteiger partial charge is 0.467 e. The van der Waals surface area contributed by atoms with Crippen molar-refractivity contribution in [3.8, 4) is 0 Å². The Morgan fingerprint density at radius 2 is 1.94 bits per heavy atom. The van der Waals surface area contributed by atoms with Gasteiger partial charge in [0.05, 0.1) is 22.6 Å². The van der Waals surface area contributed by atoms with Gasteiger partial charge in [-0.15, -0.1) is 0 Å². The molecule has 10 heteroatoms. The summed E-state index contributed by atoms with van der Waals surface area (Å²) in [5.74, 6) is -0.692. The Kier molecular flexibility index (Phi) is 6.27. The smallest absolute Gasteiger partial charge is 0.340 e. The Morgan fingerprint density at radius 3 is 2.61 bits per heavy atom. The quantitative estimate of drug-likeness (QED) is 0.373. The van der Waals surface area contributed by atoms with Crippen molar-refractivity contribution >= 4 is 52.4 Å². The van der Waals surface area contributed by atoms with Crippen LogP contribution in [0, 0.1) is 0 Å². The summed E-state index contributed by atoms with van der Waals surface area (Å²) < 4.78 is 10.6. The van der Waals surface area contributed by atoms with Crippen LogP contribution in [0.1, 0.15) is 34.1 Å². The van der Waals surface area contributed by atoms with Crippen LogP contribution in [0.2, 0.25) is 15.2 Å². The molecule has 1 aromatic carbocycles. The number of carbonyl (C=O) groups excluding carboxylic acids is 2. The summed E-state index contributed by atoms with van der Waals surface area (Å²) in [6, 6.07) is 11.5. The molecule has 0 aliphatic carbocycles. The lowest BCUT2D eigenvalue weighted by Gasteiger charge is -2.19. The lowest BCUT2D eigenvalue weighted by molar-refractivity contribution is -0.136. The summed E-state index contributed by atoms with van der Waals surface area (Å²) in [5, 5.41) is 6.50. The van der Waals surface area contributed by atoms with Gasteiger partial charge in [0.2, 0.25) is 0 Å². The Hall–Kier alpha value is -2.87. The molecule has 4 rings (SSSR count). The zero-order chi connectivity index (χ0) is 22.0. The van der Waals surface area contributed by atoms with Crippen LogP contribution in [0.5, 0.6) is 0 Å². The molecule has 158 valence electrons. The molecule has 0 saturated heterocycles. The van der Waals surface area contributed by atoms with Crippen molar-refractivity contribution < 1.29 is 18.7 Å². The molecule has 1 amide bonds. The van der Waals surface area contributed by atoms with Crippen LogP contribution in [-0.2, 0) is 9.53 Å². The first-order chi connectivity index (χ1) is 14.9. The molecule has 3 heterocycles. The fourth-order valence-corrected chi connectivity index (χ4v) is 3.46. The first-order valence-corrected chi connectivity index (χ1v) is 10.2.